The molecule has 0 heterocycles. The molecule has 0 aliphatic carbocycles. The lowest BCUT2D eigenvalue weighted by Crippen LogP contribution is -2.14. The molecule has 0 nitrogen and oxygen atoms in total. The molecule has 0 amide bonds. The maximum Gasteiger partial charge on any atom is 0.0390 e. The van der Waals surface area contributed by atoms with Crippen LogP contribution >= 0.6 is 23.2 Å². The molecule has 0 spiro atoms. The summed E-state index contributed by atoms with van der Waals surface area (Å²) >= 11 is 12.0. The average molecular weight is 197 g/mol. The molecule has 0 saturated carbocycles. The molecular weight excluding hydrogens is 179 g/mol. The minimum atomic E-state index is -0.0673. The van der Waals surface area contributed by atoms with E-state index in [1.54, 1.807) is 0 Å². The first-order valence-electron chi connectivity index (χ1n) is 4.09. The Kier molecular flexibility index (Phi) is 4.21. The highest BCUT2D eigenvalue weighted by molar-refractivity contribution is 6.23. The highest BCUT2D eigenvalue weighted by atomic mass is 35.5. The molecule has 0 aliphatic heterocycles. The van der Waals surface area contributed by atoms with E-state index < -0.39 is 0 Å². The van der Waals surface area contributed by atoms with Crippen molar-refractivity contribution in [3.8, 4) is 0 Å². The van der Waals surface area contributed by atoms with Gasteiger partial charge in [0.2, 0.25) is 0 Å². The zero-order valence-electron chi connectivity index (χ0n) is 7.88. The summed E-state index contributed by atoms with van der Waals surface area (Å²) in [6.07, 6.45) is 3.17. The van der Waals surface area contributed by atoms with Crippen molar-refractivity contribution in [3.05, 3.63) is 0 Å². The summed E-state index contributed by atoms with van der Waals surface area (Å²) < 4.78 is 0. The van der Waals surface area contributed by atoms with Gasteiger partial charge in [0.15, 0.2) is 0 Å². The Labute approximate surface area is 80.3 Å². The van der Waals surface area contributed by atoms with E-state index in [0.717, 1.165) is 19.3 Å². The summed E-state index contributed by atoms with van der Waals surface area (Å²) in [7, 11) is 0. The Balaban J connectivity index is 3.44. The van der Waals surface area contributed by atoms with Crippen LogP contribution in [0, 0.1) is 0 Å². The van der Waals surface area contributed by atoms with Crippen molar-refractivity contribution in [2.75, 3.05) is 0 Å². The third-order valence-corrected chi connectivity index (χ3v) is 1.92. The lowest BCUT2D eigenvalue weighted by Gasteiger charge is -2.19. The van der Waals surface area contributed by atoms with Gasteiger partial charge in [0, 0.05) is 9.75 Å². The molecule has 68 valence electrons. The van der Waals surface area contributed by atoms with E-state index in [4.69, 9.17) is 23.2 Å². The third-order valence-electron chi connectivity index (χ3n) is 1.54. The van der Waals surface area contributed by atoms with Gasteiger partial charge >= 0.3 is 0 Å². The normalized spacial score (nSPS) is 13.6. The van der Waals surface area contributed by atoms with Gasteiger partial charge in [-0.3, -0.25) is 0 Å². The molecule has 0 rings (SSSR count). The van der Waals surface area contributed by atoms with Gasteiger partial charge in [-0.1, -0.05) is 0 Å². The van der Waals surface area contributed by atoms with Crippen LogP contribution in [0.4, 0.5) is 0 Å². The van der Waals surface area contributed by atoms with Crippen LogP contribution in [0.3, 0.4) is 0 Å². The number of alkyl halides is 2. The zero-order chi connectivity index (χ0) is 9.12. The van der Waals surface area contributed by atoms with Gasteiger partial charge in [0.05, 0.1) is 0 Å². The largest absolute Gasteiger partial charge is 0.120 e. The molecular formula is C9H18Cl2. The quantitative estimate of drug-likeness (QED) is 0.592. The first kappa shape index (κ1) is 11.6. The van der Waals surface area contributed by atoms with Crippen molar-refractivity contribution in [1.29, 1.82) is 0 Å². The summed E-state index contributed by atoms with van der Waals surface area (Å²) in [5.41, 5.74) is 0. The number of hydrogen-bond donors (Lipinski definition) is 0. The lowest BCUT2D eigenvalue weighted by atomic mass is 10.00. The summed E-state index contributed by atoms with van der Waals surface area (Å²) in [6, 6.07) is 0. The topological polar surface area (TPSA) is 0 Å². The Morgan fingerprint density at radius 2 is 1.09 bits per heavy atom. The Hall–Kier alpha value is 0.580. The highest BCUT2D eigenvalue weighted by Gasteiger charge is 2.17. The van der Waals surface area contributed by atoms with Crippen LogP contribution < -0.4 is 0 Å². The van der Waals surface area contributed by atoms with Crippen molar-refractivity contribution >= 4 is 23.2 Å². The van der Waals surface area contributed by atoms with Crippen molar-refractivity contribution in [2.45, 2.75) is 56.7 Å². The molecule has 11 heavy (non-hydrogen) atoms. The molecule has 0 N–H and O–H groups in total. The van der Waals surface area contributed by atoms with Gasteiger partial charge in [-0.05, 0) is 47.0 Å². The molecule has 0 aromatic rings. The summed E-state index contributed by atoms with van der Waals surface area (Å²) in [6.45, 7) is 8.15. The van der Waals surface area contributed by atoms with E-state index in [1.165, 1.54) is 0 Å². The van der Waals surface area contributed by atoms with Gasteiger partial charge < -0.3 is 0 Å². The fourth-order valence-corrected chi connectivity index (χ4v) is 1.20. The predicted octanol–water partition coefficient (Wildman–Crippen LogP) is 4.19. The molecule has 0 aliphatic rings. The first-order valence-corrected chi connectivity index (χ1v) is 4.84. The standard InChI is InChI=1S/C9H18Cl2/c1-8(2,10)6-5-7-9(3,4)11/h5-7H2,1-4H3. The fraction of sp³-hybridized carbons (Fsp3) is 1.00. The van der Waals surface area contributed by atoms with Gasteiger partial charge in [-0.25, -0.2) is 0 Å². The zero-order valence-corrected chi connectivity index (χ0v) is 9.39. The number of rotatable bonds is 4. The third kappa shape index (κ3) is 10.6. The van der Waals surface area contributed by atoms with Gasteiger partial charge in [-0.2, -0.15) is 0 Å². The van der Waals surface area contributed by atoms with Crippen LogP contribution in [-0.4, -0.2) is 9.75 Å². The number of hydrogen-bond acceptors (Lipinski definition) is 0. The first-order chi connectivity index (χ1) is 4.71. The van der Waals surface area contributed by atoms with E-state index >= 15 is 0 Å². The van der Waals surface area contributed by atoms with Crippen LogP contribution in [0.25, 0.3) is 0 Å². The maximum absolute atomic E-state index is 6.02. The van der Waals surface area contributed by atoms with Gasteiger partial charge in [0.1, 0.15) is 0 Å². The molecule has 0 aromatic carbocycles. The molecule has 0 saturated heterocycles. The van der Waals surface area contributed by atoms with Crippen molar-refractivity contribution in [1.82, 2.24) is 0 Å². The molecule has 0 bridgehead atoms. The van der Waals surface area contributed by atoms with E-state index in [2.05, 4.69) is 0 Å². The molecule has 0 aromatic heterocycles. The van der Waals surface area contributed by atoms with Crippen molar-refractivity contribution in [3.63, 3.8) is 0 Å². The fourth-order valence-electron chi connectivity index (χ4n) is 0.929. The lowest BCUT2D eigenvalue weighted by molar-refractivity contribution is 0.518. The number of halogens is 2. The summed E-state index contributed by atoms with van der Waals surface area (Å²) in [5.74, 6) is 0. The van der Waals surface area contributed by atoms with Gasteiger partial charge in [-0.15, -0.1) is 23.2 Å². The van der Waals surface area contributed by atoms with Crippen molar-refractivity contribution in [2.24, 2.45) is 0 Å². The van der Waals surface area contributed by atoms with Crippen molar-refractivity contribution < 1.29 is 0 Å². The smallest absolute Gasteiger partial charge is 0.0390 e. The van der Waals surface area contributed by atoms with Crippen LogP contribution in [0.5, 0.6) is 0 Å². The molecule has 2 heteroatoms. The second-order valence-electron chi connectivity index (χ2n) is 4.29. The average Bonchev–Trinajstić information content (AvgIpc) is 1.55. The minimum Gasteiger partial charge on any atom is -0.120 e. The summed E-state index contributed by atoms with van der Waals surface area (Å²) in [4.78, 5) is -0.135. The van der Waals surface area contributed by atoms with Crippen LogP contribution in [0.2, 0.25) is 0 Å². The van der Waals surface area contributed by atoms with E-state index in [-0.39, 0.29) is 9.75 Å². The Bertz CT molecular complexity index is 91.7. The Morgan fingerprint density at radius 3 is 1.27 bits per heavy atom. The second-order valence-corrected chi connectivity index (χ2v) is 6.34. The van der Waals surface area contributed by atoms with Crippen LogP contribution in [0.1, 0.15) is 47.0 Å². The SMILES string of the molecule is CC(C)(Cl)CCCC(C)(C)Cl. The van der Waals surface area contributed by atoms with Gasteiger partial charge in [0.25, 0.3) is 0 Å². The molecule has 0 unspecified atom stereocenters. The Morgan fingerprint density at radius 1 is 0.818 bits per heavy atom. The second kappa shape index (κ2) is 4.00. The van der Waals surface area contributed by atoms with E-state index in [1.807, 2.05) is 27.7 Å². The predicted molar refractivity (Wildman–Crippen MR) is 53.7 cm³/mol. The monoisotopic (exact) mass is 196 g/mol. The highest BCUT2D eigenvalue weighted by Crippen LogP contribution is 2.26. The molecule has 0 fully saturated rings. The summed E-state index contributed by atoms with van der Waals surface area (Å²) in [5, 5.41) is 0. The van der Waals surface area contributed by atoms with Crippen LogP contribution in [-0.2, 0) is 0 Å². The molecule has 0 atom stereocenters. The minimum absolute atomic E-state index is 0.0673. The molecule has 0 radical (unpaired) electrons. The van der Waals surface area contributed by atoms with E-state index in [9.17, 15) is 0 Å². The van der Waals surface area contributed by atoms with E-state index in [0.29, 0.717) is 0 Å². The van der Waals surface area contributed by atoms with Crippen LogP contribution in [0.15, 0.2) is 0 Å². The maximum atomic E-state index is 6.02.